The summed E-state index contributed by atoms with van der Waals surface area (Å²) < 4.78 is 8.94. The van der Waals surface area contributed by atoms with E-state index in [1.165, 1.54) is 41.4 Å². The van der Waals surface area contributed by atoms with Crippen LogP contribution >= 0.6 is 0 Å². The molecule has 0 saturated carbocycles. The van der Waals surface area contributed by atoms with Crippen LogP contribution in [0.3, 0.4) is 0 Å². The number of primary amides is 1. The fourth-order valence-electron chi connectivity index (χ4n) is 5.25. The summed E-state index contributed by atoms with van der Waals surface area (Å²) in [6.45, 7) is 9.67. The van der Waals surface area contributed by atoms with Gasteiger partial charge in [-0.25, -0.2) is 0 Å². The van der Waals surface area contributed by atoms with Gasteiger partial charge < -0.3 is 35.8 Å². The third kappa shape index (κ3) is 7.54. The largest absolute Gasteiger partial charge is 0.465 e. The highest BCUT2D eigenvalue weighted by Crippen LogP contribution is 2.45. The Bertz CT molecular complexity index is 1360. The molecule has 5 N–H and O–H groups in total. The Labute approximate surface area is 243 Å². The molecule has 1 aromatic heterocycles. The summed E-state index contributed by atoms with van der Waals surface area (Å²) in [5, 5.41) is 11.3. The standard InChI is InChI=1S/C26H25N3O.C5H13N.CH3NO.CH2O/c1-27-20-10-11-21-24-15-19-14-18(22-8-5-13-28-22)9-12-23(19)29(24)26(30-25(21)16-20)17-6-3-2-4-7-17;1-3-5-6-4-2;2-1-3;1-2/h2-4,6-7,9-12,14-16,22,26-28H,5,8,13H2,1H3;6H,3-5H2,1-2H3;1H,(H2,2,3);1H2. The monoisotopic (exact) mass is 557 g/mol. The first kappa shape index (κ1) is 31.4. The number of benzene rings is 3. The van der Waals surface area contributed by atoms with Gasteiger partial charge in [0.15, 0.2) is 0 Å². The molecule has 0 radical (unpaired) electrons. The van der Waals surface area contributed by atoms with Crippen LogP contribution < -0.4 is 26.4 Å². The zero-order valence-corrected chi connectivity index (χ0v) is 24.4. The molecule has 2 aliphatic heterocycles. The molecule has 3 heterocycles. The van der Waals surface area contributed by atoms with Gasteiger partial charge in [-0.15, -0.1) is 0 Å². The molecule has 3 aromatic carbocycles. The van der Waals surface area contributed by atoms with Gasteiger partial charge in [-0.3, -0.25) is 4.79 Å². The fourth-order valence-corrected chi connectivity index (χ4v) is 5.25. The summed E-state index contributed by atoms with van der Waals surface area (Å²) in [7, 11) is 1.94. The number of carbonyl (C=O) groups is 2. The minimum atomic E-state index is -0.186. The van der Waals surface area contributed by atoms with E-state index >= 15 is 0 Å². The predicted octanol–water partition coefficient (Wildman–Crippen LogP) is 5.64. The van der Waals surface area contributed by atoms with E-state index in [-0.39, 0.29) is 12.6 Å². The van der Waals surface area contributed by atoms with Gasteiger partial charge in [-0.1, -0.05) is 50.2 Å². The van der Waals surface area contributed by atoms with Crippen LogP contribution in [0, 0.1) is 0 Å². The summed E-state index contributed by atoms with van der Waals surface area (Å²) in [5.74, 6) is 0.920. The number of fused-ring (bicyclic) bond motifs is 5. The second kappa shape index (κ2) is 16.2. The van der Waals surface area contributed by atoms with Crippen LogP contribution in [0.15, 0.2) is 72.8 Å². The van der Waals surface area contributed by atoms with Gasteiger partial charge in [0, 0.05) is 41.4 Å². The predicted molar refractivity (Wildman–Crippen MR) is 168 cm³/mol. The molecule has 1 saturated heterocycles. The SMILES string of the molecule is C=O.CCCNCC.CNc1ccc2c(c1)OC(c1ccccc1)n1c-2cc2cc(C3CCCN3)ccc21.NC=O. The van der Waals surface area contributed by atoms with Crippen molar-refractivity contribution < 1.29 is 14.3 Å². The number of hydrogen-bond donors (Lipinski definition) is 4. The lowest BCUT2D eigenvalue weighted by molar-refractivity contribution is -0.107. The summed E-state index contributed by atoms with van der Waals surface area (Å²) >= 11 is 0. The Morgan fingerprint density at radius 2 is 1.80 bits per heavy atom. The highest BCUT2D eigenvalue weighted by molar-refractivity contribution is 5.90. The van der Waals surface area contributed by atoms with Crippen molar-refractivity contribution in [1.29, 1.82) is 0 Å². The number of aromatic nitrogens is 1. The fraction of sp³-hybridized carbons (Fsp3) is 0.333. The maximum absolute atomic E-state index is 8.58. The zero-order valence-electron chi connectivity index (χ0n) is 24.4. The van der Waals surface area contributed by atoms with E-state index in [0.717, 1.165) is 42.2 Å². The van der Waals surface area contributed by atoms with Crippen molar-refractivity contribution in [2.75, 3.05) is 32.0 Å². The molecule has 0 spiro atoms. The van der Waals surface area contributed by atoms with Crippen molar-refractivity contribution in [3.8, 4) is 17.0 Å². The third-order valence-corrected chi connectivity index (χ3v) is 7.11. The van der Waals surface area contributed by atoms with Crippen molar-refractivity contribution in [3.05, 3.63) is 83.9 Å². The van der Waals surface area contributed by atoms with Gasteiger partial charge in [0.05, 0.1) is 11.2 Å². The lowest BCUT2D eigenvalue weighted by Crippen LogP contribution is -2.22. The lowest BCUT2D eigenvalue weighted by Gasteiger charge is -2.30. The Balaban J connectivity index is 0.000000366. The maximum Gasteiger partial charge on any atom is 0.204 e. The average Bonchev–Trinajstić information content (AvgIpc) is 3.70. The molecule has 1 amide bonds. The normalized spacial score (nSPS) is 16.3. The van der Waals surface area contributed by atoms with Crippen molar-refractivity contribution >= 4 is 29.8 Å². The second-order valence-corrected chi connectivity index (χ2v) is 9.70. The van der Waals surface area contributed by atoms with E-state index < -0.39 is 0 Å². The highest BCUT2D eigenvalue weighted by atomic mass is 16.5. The van der Waals surface area contributed by atoms with Gasteiger partial charge in [0.1, 0.15) is 12.5 Å². The summed E-state index contributed by atoms with van der Waals surface area (Å²) in [6.07, 6.45) is 3.77. The molecule has 8 heteroatoms. The van der Waals surface area contributed by atoms with Gasteiger partial charge in [0.2, 0.25) is 12.6 Å². The quantitative estimate of drug-likeness (QED) is 0.181. The smallest absolute Gasteiger partial charge is 0.204 e. The molecule has 6 rings (SSSR count). The van der Waals surface area contributed by atoms with Gasteiger partial charge in [-0.05, 0) is 74.8 Å². The number of nitrogens with one attached hydrogen (secondary N) is 3. The molecule has 0 bridgehead atoms. The average molecular weight is 558 g/mol. The molecule has 4 aromatic rings. The van der Waals surface area contributed by atoms with Crippen LogP contribution in [0.1, 0.15) is 56.5 Å². The van der Waals surface area contributed by atoms with Crippen molar-refractivity contribution in [3.63, 3.8) is 0 Å². The molecular formula is C33H43N5O3. The summed E-state index contributed by atoms with van der Waals surface area (Å²) in [6, 6.07) is 26.5. The van der Waals surface area contributed by atoms with E-state index in [4.69, 9.17) is 14.3 Å². The second-order valence-electron chi connectivity index (χ2n) is 9.70. The van der Waals surface area contributed by atoms with Crippen LogP contribution in [0.4, 0.5) is 5.69 Å². The van der Waals surface area contributed by atoms with Crippen LogP contribution in [0.5, 0.6) is 5.75 Å². The van der Waals surface area contributed by atoms with E-state index in [0.29, 0.717) is 6.04 Å². The Kier molecular flexibility index (Phi) is 12.4. The van der Waals surface area contributed by atoms with Crippen LogP contribution in [0.2, 0.25) is 0 Å². The van der Waals surface area contributed by atoms with E-state index in [2.05, 4.69) is 113 Å². The van der Waals surface area contributed by atoms with Crippen LogP contribution in [0.25, 0.3) is 22.2 Å². The van der Waals surface area contributed by atoms with Crippen LogP contribution in [-0.2, 0) is 9.59 Å². The molecule has 218 valence electrons. The molecule has 8 nitrogen and oxygen atoms in total. The first-order chi connectivity index (χ1) is 20.1. The topological polar surface area (TPSA) is 110 Å². The number of hydrogen-bond acceptors (Lipinski definition) is 6. The number of carbonyl (C=O) groups excluding carboxylic acids is 2. The molecule has 0 aliphatic carbocycles. The summed E-state index contributed by atoms with van der Waals surface area (Å²) in [4.78, 5) is 16.6. The number of amides is 1. The molecule has 41 heavy (non-hydrogen) atoms. The molecule has 2 atom stereocenters. The van der Waals surface area contributed by atoms with Gasteiger partial charge >= 0.3 is 0 Å². The third-order valence-electron chi connectivity index (χ3n) is 7.11. The minimum absolute atomic E-state index is 0.186. The lowest BCUT2D eigenvalue weighted by atomic mass is 10.0. The highest BCUT2D eigenvalue weighted by Gasteiger charge is 2.29. The van der Waals surface area contributed by atoms with E-state index in [9.17, 15) is 0 Å². The number of anilines is 1. The molecule has 2 aliphatic rings. The first-order valence-electron chi connectivity index (χ1n) is 14.2. The Hall–Kier alpha value is -4.14. The van der Waals surface area contributed by atoms with Crippen molar-refractivity contribution in [1.82, 2.24) is 15.2 Å². The van der Waals surface area contributed by atoms with Gasteiger partial charge in [-0.2, -0.15) is 0 Å². The Morgan fingerprint density at radius 1 is 1.05 bits per heavy atom. The maximum atomic E-state index is 8.58. The van der Waals surface area contributed by atoms with E-state index in [1.54, 1.807) is 0 Å². The van der Waals surface area contributed by atoms with Crippen molar-refractivity contribution in [2.45, 2.75) is 45.4 Å². The minimum Gasteiger partial charge on any atom is -0.465 e. The number of rotatable bonds is 6. The van der Waals surface area contributed by atoms with E-state index in [1.807, 2.05) is 13.8 Å². The van der Waals surface area contributed by atoms with Gasteiger partial charge in [0.25, 0.3) is 0 Å². The number of nitrogens with two attached hydrogens (primary N) is 1. The number of ether oxygens (including phenoxy) is 1. The Morgan fingerprint density at radius 3 is 2.41 bits per heavy atom. The van der Waals surface area contributed by atoms with Crippen LogP contribution in [-0.4, -0.2) is 44.4 Å². The first-order valence-corrected chi connectivity index (χ1v) is 14.2. The van der Waals surface area contributed by atoms with Crippen molar-refractivity contribution in [2.24, 2.45) is 5.73 Å². The molecular weight excluding hydrogens is 514 g/mol. The zero-order chi connectivity index (χ0) is 29.6. The number of nitrogens with zero attached hydrogens (tertiary/aromatic N) is 1. The summed E-state index contributed by atoms with van der Waals surface area (Å²) in [5.41, 5.74) is 11.3. The molecule has 1 fully saturated rings. The molecule has 2 unspecified atom stereocenters.